The van der Waals surface area contributed by atoms with E-state index >= 15 is 0 Å². The van der Waals surface area contributed by atoms with Gasteiger partial charge in [-0.05, 0) is 42.7 Å². The Morgan fingerprint density at radius 1 is 1.24 bits per heavy atom. The van der Waals surface area contributed by atoms with Crippen molar-refractivity contribution in [2.75, 3.05) is 23.8 Å². The summed E-state index contributed by atoms with van der Waals surface area (Å²) >= 11 is 0. The molecule has 3 nitrogen and oxygen atoms in total. The molecule has 110 valence electrons. The van der Waals surface area contributed by atoms with E-state index in [0.29, 0.717) is 18.0 Å². The zero-order chi connectivity index (χ0) is 14.8. The summed E-state index contributed by atoms with van der Waals surface area (Å²) in [5.41, 5.74) is 9.66. The number of hydrogen-bond acceptors (Lipinski definition) is 3. The average molecular weight is 286 g/mol. The molecule has 0 aromatic heterocycles. The highest BCUT2D eigenvalue weighted by molar-refractivity contribution is 5.73. The van der Waals surface area contributed by atoms with Gasteiger partial charge in [-0.15, -0.1) is 0 Å². The standard InChI is InChI=1S/C17H19FN2O/c1-2-9-21-17-11-14(5-6-15(17)19)20-8-7-12-3-4-13(18)10-16(12)20/h3-6,10-11H,2,7-9,19H2,1H3. The van der Waals surface area contributed by atoms with Gasteiger partial charge >= 0.3 is 0 Å². The Balaban J connectivity index is 1.94. The fraction of sp³-hybridized carbons (Fsp3) is 0.294. The number of halogens is 1. The lowest BCUT2D eigenvalue weighted by molar-refractivity contribution is 0.319. The SMILES string of the molecule is CCCOc1cc(N2CCc3ccc(F)cc32)ccc1N. The van der Waals surface area contributed by atoms with Gasteiger partial charge in [-0.3, -0.25) is 0 Å². The fourth-order valence-corrected chi connectivity index (χ4v) is 2.65. The van der Waals surface area contributed by atoms with E-state index in [1.165, 1.54) is 11.6 Å². The lowest BCUT2D eigenvalue weighted by Crippen LogP contribution is -2.13. The molecule has 0 saturated carbocycles. The van der Waals surface area contributed by atoms with Gasteiger partial charge in [0.2, 0.25) is 0 Å². The molecule has 1 aliphatic rings. The minimum Gasteiger partial charge on any atom is -0.491 e. The molecule has 1 heterocycles. The third kappa shape index (κ3) is 2.66. The molecule has 2 aromatic carbocycles. The highest BCUT2D eigenvalue weighted by Gasteiger charge is 2.21. The van der Waals surface area contributed by atoms with Gasteiger partial charge in [-0.1, -0.05) is 13.0 Å². The number of fused-ring (bicyclic) bond motifs is 1. The van der Waals surface area contributed by atoms with Crippen LogP contribution in [0.5, 0.6) is 5.75 Å². The van der Waals surface area contributed by atoms with Crippen LogP contribution in [0.2, 0.25) is 0 Å². The maximum absolute atomic E-state index is 13.5. The van der Waals surface area contributed by atoms with Crippen LogP contribution in [0.4, 0.5) is 21.5 Å². The van der Waals surface area contributed by atoms with Gasteiger partial charge < -0.3 is 15.4 Å². The summed E-state index contributed by atoms with van der Waals surface area (Å²) in [5.74, 6) is 0.484. The summed E-state index contributed by atoms with van der Waals surface area (Å²) < 4.78 is 19.2. The Hall–Kier alpha value is -2.23. The fourth-order valence-electron chi connectivity index (χ4n) is 2.65. The summed E-state index contributed by atoms with van der Waals surface area (Å²) in [6.07, 6.45) is 1.85. The molecule has 0 spiro atoms. The molecule has 0 unspecified atom stereocenters. The molecule has 0 bridgehead atoms. The van der Waals surface area contributed by atoms with Crippen molar-refractivity contribution in [3.63, 3.8) is 0 Å². The van der Waals surface area contributed by atoms with E-state index in [9.17, 15) is 4.39 Å². The molecule has 3 rings (SSSR count). The molecular weight excluding hydrogens is 267 g/mol. The lowest BCUT2D eigenvalue weighted by Gasteiger charge is -2.21. The zero-order valence-corrected chi connectivity index (χ0v) is 12.1. The lowest BCUT2D eigenvalue weighted by atomic mass is 10.1. The molecule has 4 heteroatoms. The molecule has 2 aromatic rings. The van der Waals surface area contributed by atoms with E-state index in [0.717, 1.165) is 30.8 Å². The monoisotopic (exact) mass is 286 g/mol. The Morgan fingerprint density at radius 2 is 2.10 bits per heavy atom. The van der Waals surface area contributed by atoms with Crippen molar-refractivity contribution >= 4 is 17.1 Å². The summed E-state index contributed by atoms with van der Waals surface area (Å²) in [6, 6.07) is 10.7. The van der Waals surface area contributed by atoms with Gasteiger partial charge in [0.25, 0.3) is 0 Å². The van der Waals surface area contributed by atoms with Gasteiger partial charge in [-0.25, -0.2) is 4.39 Å². The molecule has 2 N–H and O–H groups in total. The van der Waals surface area contributed by atoms with Crippen LogP contribution in [0.1, 0.15) is 18.9 Å². The number of nitrogens with zero attached hydrogens (tertiary/aromatic N) is 1. The number of anilines is 3. The summed E-state index contributed by atoms with van der Waals surface area (Å²) in [7, 11) is 0. The Kier molecular flexibility index (Phi) is 3.69. The van der Waals surface area contributed by atoms with Crippen molar-refractivity contribution in [2.45, 2.75) is 19.8 Å². The van der Waals surface area contributed by atoms with Crippen LogP contribution >= 0.6 is 0 Å². The topological polar surface area (TPSA) is 38.5 Å². The van der Waals surface area contributed by atoms with E-state index in [-0.39, 0.29) is 5.82 Å². The second-order valence-corrected chi connectivity index (χ2v) is 5.25. The summed E-state index contributed by atoms with van der Waals surface area (Å²) in [6.45, 7) is 3.54. The van der Waals surface area contributed by atoms with Crippen molar-refractivity contribution in [3.05, 3.63) is 47.8 Å². The smallest absolute Gasteiger partial charge is 0.144 e. The maximum atomic E-state index is 13.5. The highest BCUT2D eigenvalue weighted by atomic mass is 19.1. The van der Waals surface area contributed by atoms with Crippen LogP contribution in [0.15, 0.2) is 36.4 Å². The summed E-state index contributed by atoms with van der Waals surface area (Å²) in [4.78, 5) is 2.11. The Labute approximate surface area is 124 Å². The van der Waals surface area contributed by atoms with E-state index in [1.807, 2.05) is 24.3 Å². The molecule has 0 saturated heterocycles. The van der Waals surface area contributed by atoms with Crippen LogP contribution in [-0.2, 0) is 6.42 Å². The minimum atomic E-state index is -0.210. The molecule has 21 heavy (non-hydrogen) atoms. The Morgan fingerprint density at radius 3 is 2.90 bits per heavy atom. The van der Waals surface area contributed by atoms with Crippen LogP contribution in [0, 0.1) is 5.82 Å². The van der Waals surface area contributed by atoms with Gasteiger partial charge in [0.1, 0.15) is 11.6 Å². The van der Waals surface area contributed by atoms with E-state index in [1.54, 1.807) is 6.07 Å². The van der Waals surface area contributed by atoms with Crippen LogP contribution < -0.4 is 15.4 Å². The molecule has 0 aliphatic carbocycles. The quantitative estimate of drug-likeness (QED) is 0.867. The molecule has 0 atom stereocenters. The first-order valence-corrected chi connectivity index (χ1v) is 7.27. The van der Waals surface area contributed by atoms with Crippen molar-refractivity contribution in [1.82, 2.24) is 0 Å². The van der Waals surface area contributed by atoms with Gasteiger partial charge in [0.15, 0.2) is 0 Å². The second kappa shape index (κ2) is 5.64. The minimum absolute atomic E-state index is 0.210. The largest absolute Gasteiger partial charge is 0.491 e. The molecule has 1 aliphatic heterocycles. The predicted octanol–water partition coefficient (Wildman–Crippen LogP) is 3.89. The normalized spacial score (nSPS) is 13.3. The van der Waals surface area contributed by atoms with Crippen molar-refractivity contribution in [2.24, 2.45) is 0 Å². The number of ether oxygens (including phenoxy) is 1. The van der Waals surface area contributed by atoms with Crippen LogP contribution in [0.25, 0.3) is 0 Å². The number of hydrogen-bond donors (Lipinski definition) is 1. The second-order valence-electron chi connectivity index (χ2n) is 5.25. The third-order valence-electron chi connectivity index (χ3n) is 3.71. The van der Waals surface area contributed by atoms with Crippen LogP contribution in [-0.4, -0.2) is 13.2 Å². The molecule has 0 fully saturated rings. The van der Waals surface area contributed by atoms with Gasteiger partial charge in [0, 0.05) is 24.0 Å². The summed E-state index contributed by atoms with van der Waals surface area (Å²) in [5, 5.41) is 0. The van der Waals surface area contributed by atoms with Crippen molar-refractivity contribution < 1.29 is 9.13 Å². The number of nitrogens with two attached hydrogens (primary N) is 1. The molecule has 0 amide bonds. The van der Waals surface area contributed by atoms with E-state index < -0.39 is 0 Å². The van der Waals surface area contributed by atoms with Crippen LogP contribution in [0.3, 0.4) is 0 Å². The predicted molar refractivity (Wildman–Crippen MR) is 83.8 cm³/mol. The molecule has 0 radical (unpaired) electrons. The number of rotatable bonds is 4. The third-order valence-corrected chi connectivity index (χ3v) is 3.71. The number of nitrogen functional groups attached to an aromatic ring is 1. The Bertz CT molecular complexity index is 657. The zero-order valence-electron chi connectivity index (χ0n) is 12.1. The van der Waals surface area contributed by atoms with Crippen molar-refractivity contribution in [1.29, 1.82) is 0 Å². The van der Waals surface area contributed by atoms with Crippen molar-refractivity contribution in [3.8, 4) is 5.75 Å². The van der Waals surface area contributed by atoms with Gasteiger partial charge in [0.05, 0.1) is 12.3 Å². The molecular formula is C17H19FN2O. The average Bonchev–Trinajstić information content (AvgIpc) is 2.89. The number of benzene rings is 2. The van der Waals surface area contributed by atoms with E-state index in [4.69, 9.17) is 10.5 Å². The maximum Gasteiger partial charge on any atom is 0.144 e. The van der Waals surface area contributed by atoms with Gasteiger partial charge in [-0.2, -0.15) is 0 Å². The first-order chi connectivity index (χ1) is 10.2. The van der Waals surface area contributed by atoms with E-state index in [2.05, 4.69) is 11.8 Å². The first kappa shape index (κ1) is 13.7. The first-order valence-electron chi connectivity index (χ1n) is 7.27. The highest BCUT2D eigenvalue weighted by Crippen LogP contribution is 2.37.